The Labute approximate surface area is 90.2 Å². The fourth-order valence-corrected chi connectivity index (χ4v) is 4.37. The van der Waals surface area contributed by atoms with Crippen LogP contribution >= 0.6 is 0 Å². The SMILES string of the molecule is CC1COCC1C[Si](C)(C)C(C)(C)C. The largest absolute Gasteiger partial charge is 0.381 e. The van der Waals surface area contributed by atoms with Crippen molar-refractivity contribution in [2.45, 2.75) is 51.9 Å². The van der Waals surface area contributed by atoms with E-state index in [1.165, 1.54) is 6.04 Å². The van der Waals surface area contributed by atoms with Gasteiger partial charge < -0.3 is 4.74 Å². The molecule has 1 nitrogen and oxygen atoms in total. The highest BCUT2D eigenvalue weighted by molar-refractivity contribution is 6.80. The van der Waals surface area contributed by atoms with Crippen LogP contribution in [0.4, 0.5) is 0 Å². The van der Waals surface area contributed by atoms with E-state index in [2.05, 4.69) is 40.8 Å². The number of hydrogen-bond acceptors (Lipinski definition) is 1. The van der Waals surface area contributed by atoms with Crippen LogP contribution < -0.4 is 0 Å². The molecule has 14 heavy (non-hydrogen) atoms. The van der Waals surface area contributed by atoms with Gasteiger partial charge in [0.15, 0.2) is 0 Å². The topological polar surface area (TPSA) is 9.23 Å². The lowest BCUT2D eigenvalue weighted by Gasteiger charge is -2.39. The van der Waals surface area contributed by atoms with Crippen LogP contribution in [-0.4, -0.2) is 21.3 Å². The standard InChI is InChI=1S/C12H26OSi/c1-10-7-13-8-11(10)9-14(5,6)12(2,3)4/h10-11H,7-9H2,1-6H3. The molecule has 1 saturated heterocycles. The van der Waals surface area contributed by atoms with Gasteiger partial charge >= 0.3 is 0 Å². The lowest BCUT2D eigenvalue weighted by atomic mass is 10.0. The zero-order valence-electron chi connectivity index (χ0n) is 10.7. The lowest BCUT2D eigenvalue weighted by molar-refractivity contribution is 0.183. The van der Waals surface area contributed by atoms with Gasteiger partial charge in [-0.1, -0.05) is 46.8 Å². The summed E-state index contributed by atoms with van der Waals surface area (Å²) in [5.74, 6) is 1.61. The molecule has 2 atom stereocenters. The van der Waals surface area contributed by atoms with Crippen LogP contribution in [0.1, 0.15) is 27.7 Å². The van der Waals surface area contributed by atoms with Crippen LogP contribution in [0.5, 0.6) is 0 Å². The fraction of sp³-hybridized carbons (Fsp3) is 1.00. The van der Waals surface area contributed by atoms with Crippen molar-refractivity contribution in [3.05, 3.63) is 0 Å². The molecule has 1 aliphatic heterocycles. The van der Waals surface area contributed by atoms with E-state index in [1.807, 2.05) is 0 Å². The second-order valence-electron chi connectivity index (χ2n) is 6.61. The summed E-state index contributed by atoms with van der Waals surface area (Å²) in [6, 6.07) is 1.43. The Kier molecular flexibility index (Phi) is 3.48. The molecule has 2 heteroatoms. The average molecular weight is 214 g/mol. The molecule has 84 valence electrons. The first-order valence-corrected chi connectivity index (χ1v) is 9.02. The van der Waals surface area contributed by atoms with Gasteiger partial charge in [0.2, 0.25) is 0 Å². The summed E-state index contributed by atoms with van der Waals surface area (Å²) in [5.41, 5.74) is 0. The summed E-state index contributed by atoms with van der Waals surface area (Å²) in [7, 11) is -1.09. The van der Waals surface area contributed by atoms with Crippen molar-refractivity contribution < 1.29 is 4.74 Å². The maximum Gasteiger partial charge on any atom is 0.0531 e. The van der Waals surface area contributed by atoms with Crippen molar-refractivity contribution in [2.24, 2.45) is 11.8 Å². The van der Waals surface area contributed by atoms with Gasteiger partial charge in [0.1, 0.15) is 0 Å². The summed E-state index contributed by atoms with van der Waals surface area (Å²) in [6.07, 6.45) is 0. The van der Waals surface area contributed by atoms with E-state index < -0.39 is 8.07 Å². The minimum atomic E-state index is -1.09. The Morgan fingerprint density at radius 2 is 1.79 bits per heavy atom. The Morgan fingerprint density at radius 3 is 2.14 bits per heavy atom. The van der Waals surface area contributed by atoms with Crippen LogP contribution in [0, 0.1) is 11.8 Å². The van der Waals surface area contributed by atoms with E-state index in [0.29, 0.717) is 5.04 Å². The third-order valence-corrected chi connectivity index (χ3v) is 9.93. The number of hydrogen-bond donors (Lipinski definition) is 0. The van der Waals surface area contributed by atoms with Crippen LogP contribution in [0.2, 0.25) is 24.2 Å². The molecule has 1 aliphatic rings. The van der Waals surface area contributed by atoms with Gasteiger partial charge in [-0.05, 0) is 16.9 Å². The van der Waals surface area contributed by atoms with Crippen LogP contribution in [-0.2, 0) is 4.74 Å². The molecule has 0 aromatic rings. The molecule has 0 amide bonds. The van der Waals surface area contributed by atoms with Gasteiger partial charge in [0.05, 0.1) is 8.07 Å². The molecule has 0 aliphatic carbocycles. The van der Waals surface area contributed by atoms with Crippen molar-refractivity contribution in [3.63, 3.8) is 0 Å². The third-order valence-electron chi connectivity index (χ3n) is 4.32. The van der Waals surface area contributed by atoms with E-state index in [0.717, 1.165) is 25.0 Å². The maximum atomic E-state index is 5.55. The van der Waals surface area contributed by atoms with Gasteiger partial charge in [-0.3, -0.25) is 0 Å². The van der Waals surface area contributed by atoms with E-state index in [4.69, 9.17) is 4.74 Å². The second-order valence-corrected chi connectivity index (χ2v) is 12.3. The van der Waals surface area contributed by atoms with Crippen LogP contribution in [0.25, 0.3) is 0 Å². The fourth-order valence-electron chi connectivity index (χ4n) is 1.93. The number of rotatable bonds is 2. The highest BCUT2D eigenvalue weighted by atomic mass is 28.3. The molecule has 0 aromatic carbocycles. The molecule has 0 bridgehead atoms. The Hall–Kier alpha value is 0.177. The molecule has 0 saturated carbocycles. The summed E-state index contributed by atoms with van der Waals surface area (Å²) in [4.78, 5) is 0. The lowest BCUT2D eigenvalue weighted by Crippen LogP contribution is -2.39. The monoisotopic (exact) mass is 214 g/mol. The summed E-state index contributed by atoms with van der Waals surface area (Å²) >= 11 is 0. The summed E-state index contributed by atoms with van der Waals surface area (Å²) in [5, 5.41) is 0.523. The molecule has 1 heterocycles. The van der Waals surface area contributed by atoms with E-state index in [1.54, 1.807) is 0 Å². The van der Waals surface area contributed by atoms with Crippen molar-refractivity contribution in [3.8, 4) is 0 Å². The first-order valence-electron chi connectivity index (χ1n) is 5.82. The maximum absolute atomic E-state index is 5.55. The van der Waals surface area contributed by atoms with Gasteiger partial charge in [0, 0.05) is 13.2 Å². The molecule has 1 rings (SSSR count). The first kappa shape index (κ1) is 12.2. The third kappa shape index (κ3) is 2.60. The van der Waals surface area contributed by atoms with Crippen molar-refractivity contribution >= 4 is 8.07 Å². The molecular formula is C12H26OSi. The van der Waals surface area contributed by atoms with Crippen molar-refractivity contribution in [1.29, 1.82) is 0 Å². The van der Waals surface area contributed by atoms with Crippen molar-refractivity contribution in [1.82, 2.24) is 0 Å². The highest BCUT2D eigenvalue weighted by Gasteiger charge is 2.39. The Bertz CT molecular complexity index is 193. The quantitative estimate of drug-likeness (QED) is 0.636. The highest BCUT2D eigenvalue weighted by Crippen LogP contribution is 2.42. The first-order chi connectivity index (χ1) is 6.24. The average Bonchev–Trinajstić information content (AvgIpc) is 2.33. The zero-order chi connectivity index (χ0) is 11.0. The second kappa shape index (κ2) is 3.97. The zero-order valence-corrected chi connectivity index (χ0v) is 11.7. The normalized spacial score (nSPS) is 29.6. The Balaban J connectivity index is 2.58. The molecule has 0 N–H and O–H groups in total. The van der Waals surface area contributed by atoms with Gasteiger partial charge in [-0.25, -0.2) is 0 Å². The minimum absolute atomic E-state index is 0.523. The van der Waals surface area contributed by atoms with E-state index >= 15 is 0 Å². The number of ether oxygens (including phenoxy) is 1. The van der Waals surface area contributed by atoms with Crippen LogP contribution in [0.3, 0.4) is 0 Å². The van der Waals surface area contributed by atoms with Gasteiger partial charge in [-0.15, -0.1) is 0 Å². The summed E-state index contributed by atoms with van der Waals surface area (Å²) < 4.78 is 5.55. The predicted molar refractivity (Wildman–Crippen MR) is 65.5 cm³/mol. The molecule has 0 spiro atoms. The Morgan fingerprint density at radius 1 is 1.21 bits per heavy atom. The predicted octanol–water partition coefficient (Wildman–Crippen LogP) is 3.78. The minimum Gasteiger partial charge on any atom is -0.381 e. The van der Waals surface area contributed by atoms with E-state index in [-0.39, 0.29) is 0 Å². The molecular weight excluding hydrogens is 188 g/mol. The van der Waals surface area contributed by atoms with Gasteiger partial charge in [0.25, 0.3) is 0 Å². The molecule has 0 radical (unpaired) electrons. The molecule has 1 fully saturated rings. The molecule has 0 aromatic heterocycles. The van der Waals surface area contributed by atoms with Crippen molar-refractivity contribution in [2.75, 3.05) is 13.2 Å². The summed E-state index contributed by atoms with van der Waals surface area (Å²) in [6.45, 7) is 16.6. The molecule has 2 unspecified atom stereocenters. The van der Waals surface area contributed by atoms with E-state index in [9.17, 15) is 0 Å². The van der Waals surface area contributed by atoms with Gasteiger partial charge in [-0.2, -0.15) is 0 Å². The smallest absolute Gasteiger partial charge is 0.0531 e. The van der Waals surface area contributed by atoms with Crippen LogP contribution in [0.15, 0.2) is 0 Å².